The number of halogens is 2. The van der Waals surface area contributed by atoms with Gasteiger partial charge in [-0.25, -0.2) is 8.42 Å². The van der Waals surface area contributed by atoms with Crippen LogP contribution >= 0.6 is 0 Å². The second-order valence-electron chi connectivity index (χ2n) is 8.05. The van der Waals surface area contributed by atoms with Crippen molar-refractivity contribution in [2.24, 2.45) is 0 Å². The molecule has 0 fully saturated rings. The van der Waals surface area contributed by atoms with Crippen LogP contribution in [0.15, 0.2) is 66.7 Å². The summed E-state index contributed by atoms with van der Waals surface area (Å²) in [6.07, 6.45) is 0.223. The Balaban J connectivity index is 1.82. The zero-order chi connectivity index (χ0) is 26.3. The number of benzene rings is 3. The van der Waals surface area contributed by atoms with Crippen molar-refractivity contribution in [3.8, 4) is 17.6 Å². The Hall–Kier alpha value is -3.72. The highest BCUT2D eigenvalue weighted by Crippen LogP contribution is 2.29. The van der Waals surface area contributed by atoms with Crippen molar-refractivity contribution in [1.82, 2.24) is 5.32 Å². The first-order chi connectivity index (χ1) is 17.1. The van der Waals surface area contributed by atoms with Crippen LogP contribution in [0.2, 0.25) is 0 Å². The van der Waals surface area contributed by atoms with Crippen LogP contribution in [-0.2, 0) is 16.4 Å². The van der Waals surface area contributed by atoms with E-state index < -0.39 is 28.8 Å². The molecule has 11 heteroatoms. The van der Waals surface area contributed by atoms with E-state index in [-0.39, 0.29) is 23.7 Å². The molecule has 0 amide bonds. The van der Waals surface area contributed by atoms with Crippen molar-refractivity contribution < 1.29 is 32.1 Å². The van der Waals surface area contributed by atoms with E-state index >= 15 is 0 Å². The van der Waals surface area contributed by atoms with Gasteiger partial charge in [-0.05, 0) is 53.4 Å². The van der Waals surface area contributed by atoms with Gasteiger partial charge >= 0.3 is 6.61 Å². The number of phenols is 1. The summed E-state index contributed by atoms with van der Waals surface area (Å²) in [5, 5.41) is 33.4. The van der Waals surface area contributed by atoms with Gasteiger partial charge in [-0.3, -0.25) is 4.72 Å². The maximum Gasteiger partial charge on any atom is 0.387 e. The van der Waals surface area contributed by atoms with Crippen LogP contribution in [0.1, 0.15) is 34.4 Å². The lowest BCUT2D eigenvalue weighted by atomic mass is 9.95. The van der Waals surface area contributed by atoms with Crippen molar-refractivity contribution in [2.45, 2.75) is 25.2 Å². The minimum atomic E-state index is -3.65. The van der Waals surface area contributed by atoms with Crippen molar-refractivity contribution in [1.29, 1.82) is 5.26 Å². The topological polar surface area (TPSA) is 132 Å². The first kappa shape index (κ1) is 26.9. The largest absolute Gasteiger partial charge is 0.506 e. The summed E-state index contributed by atoms with van der Waals surface area (Å²) in [5.41, 5.74) is 2.23. The zero-order valence-electron chi connectivity index (χ0n) is 19.2. The van der Waals surface area contributed by atoms with Gasteiger partial charge in [0.2, 0.25) is 10.0 Å². The van der Waals surface area contributed by atoms with Crippen LogP contribution in [-0.4, -0.2) is 38.0 Å². The molecule has 0 saturated carbocycles. The molecule has 1 unspecified atom stereocenters. The molecule has 0 aliphatic rings. The standard InChI is InChI=1S/C25H25F2N3O5S/c1-36(33,34)30-22-13-18(8-11-23(22)31)24(32)15-29-21(12-17-4-2-3-5-19(17)14-28)16-6-9-20(10-7-16)35-25(26)27/h2-11,13,21,24-25,29-32H,12,15H2,1H3/t21?,24-/m0/s1. The number of nitrogens with zero attached hydrogens (tertiary/aromatic N) is 1. The van der Waals surface area contributed by atoms with E-state index in [0.29, 0.717) is 23.1 Å². The molecule has 0 aromatic heterocycles. The fraction of sp³-hybridized carbons (Fsp3) is 0.240. The van der Waals surface area contributed by atoms with Crippen LogP contribution < -0.4 is 14.8 Å². The molecule has 3 aromatic rings. The lowest BCUT2D eigenvalue weighted by molar-refractivity contribution is -0.0498. The predicted octanol–water partition coefficient (Wildman–Crippen LogP) is 3.84. The van der Waals surface area contributed by atoms with Gasteiger partial charge < -0.3 is 20.3 Å². The Kier molecular flexibility index (Phi) is 8.82. The Labute approximate surface area is 207 Å². The van der Waals surface area contributed by atoms with Gasteiger partial charge in [0.15, 0.2) is 0 Å². The van der Waals surface area contributed by atoms with E-state index in [2.05, 4.69) is 20.8 Å². The Morgan fingerprint density at radius 1 is 1.06 bits per heavy atom. The van der Waals surface area contributed by atoms with Gasteiger partial charge in [0.25, 0.3) is 0 Å². The maximum absolute atomic E-state index is 12.5. The molecule has 2 atom stereocenters. The molecule has 0 bridgehead atoms. The third kappa shape index (κ3) is 7.64. The second kappa shape index (κ2) is 11.8. The number of hydrogen-bond acceptors (Lipinski definition) is 7. The molecule has 0 radical (unpaired) electrons. The molecule has 190 valence electrons. The van der Waals surface area contributed by atoms with E-state index in [9.17, 15) is 32.7 Å². The predicted molar refractivity (Wildman–Crippen MR) is 130 cm³/mol. The van der Waals surface area contributed by atoms with E-state index in [4.69, 9.17) is 0 Å². The second-order valence-corrected chi connectivity index (χ2v) is 9.80. The van der Waals surface area contributed by atoms with Crippen LogP contribution in [0.3, 0.4) is 0 Å². The number of anilines is 1. The van der Waals surface area contributed by atoms with Crippen LogP contribution in [0.25, 0.3) is 0 Å². The number of ether oxygens (including phenoxy) is 1. The molecule has 3 aromatic carbocycles. The van der Waals surface area contributed by atoms with Crippen molar-refractivity contribution >= 4 is 15.7 Å². The normalized spacial score (nSPS) is 13.1. The Morgan fingerprint density at radius 3 is 2.36 bits per heavy atom. The fourth-order valence-corrected chi connectivity index (χ4v) is 4.19. The van der Waals surface area contributed by atoms with E-state index in [1.165, 1.54) is 30.3 Å². The number of rotatable bonds is 11. The first-order valence-electron chi connectivity index (χ1n) is 10.8. The number of alkyl halides is 2. The number of aliphatic hydroxyl groups excluding tert-OH is 1. The summed E-state index contributed by atoms with van der Waals surface area (Å²) in [7, 11) is -3.65. The smallest absolute Gasteiger partial charge is 0.387 e. The molecule has 0 aliphatic carbocycles. The number of aromatic hydroxyl groups is 1. The van der Waals surface area contributed by atoms with Gasteiger partial charge in [-0.15, -0.1) is 0 Å². The Bertz CT molecular complexity index is 1330. The minimum absolute atomic E-state index is 0.0000381. The van der Waals surface area contributed by atoms with Crippen molar-refractivity contribution in [3.05, 3.63) is 89.0 Å². The highest BCUT2D eigenvalue weighted by atomic mass is 32.2. The molecule has 8 nitrogen and oxygen atoms in total. The molecule has 36 heavy (non-hydrogen) atoms. The number of nitrogens with one attached hydrogen (secondary N) is 2. The highest BCUT2D eigenvalue weighted by molar-refractivity contribution is 7.92. The van der Waals surface area contributed by atoms with Gasteiger partial charge in [-0.1, -0.05) is 36.4 Å². The molecular formula is C25H25F2N3O5S. The average Bonchev–Trinajstić information content (AvgIpc) is 2.82. The van der Waals surface area contributed by atoms with E-state index in [1.54, 1.807) is 36.4 Å². The number of aliphatic hydroxyl groups is 1. The quantitative estimate of drug-likeness (QED) is 0.284. The van der Waals surface area contributed by atoms with Crippen molar-refractivity contribution in [3.63, 3.8) is 0 Å². The van der Waals surface area contributed by atoms with Gasteiger partial charge in [0.05, 0.1) is 29.7 Å². The summed E-state index contributed by atoms with van der Waals surface area (Å²) in [6, 6.07) is 18.9. The number of hydrogen-bond donors (Lipinski definition) is 4. The van der Waals surface area contributed by atoms with Crippen LogP contribution in [0, 0.1) is 11.3 Å². The summed E-state index contributed by atoms with van der Waals surface area (Å²) in [5.74, 6) is -0.290. The van der Waals surface area contributed by atoms with Crippen molar-refractivity contribution in [2.75, 3.05) is 17.5 Å². The molecule has 0 heterocycles. The summed E-state index contributed by atoms with van der Waals surface area (Å²) >= 11 is 0. The summed E-state index contributed by atoms with van der Waals surface area (Å²) in [4.78, 5) is 0. The third-order valence-corrected chi connectivity index (χ3v) is 5.92. The number of sulfonamides is 1. The lowest BCUT2D eigenvalue weighted by Gasteiger charge is -2.23. The van der Waals surface area contributed by atoms with Gasteiger partial charge in [0, 0.05) is 12.6 Å². The van der Waals surface area contributed by atoms with Crippen LogP contribution in [0.4, 0.5) is 14.5 Å². The molecule has 0 spiro atoms. The number of phenolic OH excluding ortho intramolecular Hbond substituents is 1. The Morgan fingerprint density at radius 2 is 1.72 bits per heavy atom. The highest BCUT2D eigenvalue weighted by Gasteiger charge is 2.18. The number of nitriles is 1. The summed E-state index contributed by atoms with van der Waals surface area (Å²) in [6.45, 7) is -2.92. The van der Waals surface area contributed by atoms with Crippen LogP contribution in [0.5, 0.6) is 11.5 Å². The minimum Gasteiger partial charge on any atom is -0.506 e. The SMILES string of the molecule is CS(=O)(=O)Nc1cc([C@@H](O)CNC(Cc2ccccc2C#N)c2ccc(OC(F)F)cc2)ccc1O. The molecule has 4 N–H and O–H groups in total. The molecule has 3 rings (SSSR count). The maximum atomic E-state index is 12.5. The van der Waals surface area contributed by atoms with Gasteiger partial charge in [-0.2, -0.15) is 14.0 Å². The lowest BCUT2D eigenvalue weighted by Crippen LogP contribution is -2.28. The third-order valence-electron chi connectivity index (χ3n) is 5.33. The molecule has 0 aliphatic heterocycles. The van der Waals surface area contributed by atoms with E-state index in [1.807, 2.05) is 0 Å². The average molecular weight is 518 g/mol. The fourth-order valence-electron chi connectivity index (χ4n) is 3.63. The first-order valence-corrected chi connectivity index (χ1v) is 12.7. The summed E-state index contributed by atoms with van der Waals surface area (Å²) < 4.78 is 54.7. The zero-order valence-corrected chi connectivity index (χ0v) is 20.0. The van der Waals surface area contributed by atoms with Gasteiger partial charge in [0.1, 0.15) is 11.5 Å². The monoisotopic (exact) mass is 517 g/mol. The van der Waals surface area contributed by atoms with E-state index in [0.717, 1.165) is 11.8 Å². The molecule has 0 saturated heterocycles. The molecular weight excluding hydrogens is 492 g/mol.